The van der Waals surface area contributed by atoms with Crippen LogP contribution in [0.4, 0.5) is 0 Å². The van der Waals surface area contributed by atoms with E-state index in [0.29, 0.717) is 6.04 Å². The van der Waals surface area contributed by atoms with Crippen molar-refractivity contribution >= 4 is 22.7 Å². The predicted octanol–water partition coefficient (Wildman–Crippen LogP) is 2.98. The summed E-state index contributed by atoms with van der Waals surface area (Å²) in [4.78, 5) is 5.67. The smallest absolute Gasteiger partial charge is 0.124 e. The molecule has 0 amide bonds. The average molecular weight is 282 g/mol. The van der Waals surface area contributed by atoms with Crippen LogP contribution in [0, 0.1) is 5.92 Å². The highest BCUT2D eigenvalue weighted by Crippen LogP contribution is 2.26. The molecular formula is C13H18N2OS2. The van der Waals surface area contributed by atoms with Gasteiger partial charge in [0.2, 0.25) is 0 Å². The van der Waals surface area contributed by atoms with E-state index < -0.39 is 0 Å². The third kappa shape index (κ3) is 3.38. The molecule has 98 valence electrons. The Hall–Kier alpha value is -0.750. The third-order valence-electron chi connectivity index (χ3n) is 3.06. The summed E-state index contributed by atoms with van der Waals surface area (Å²) in [6.45, 7) is 5.17. The number of nitrogens with one attached hydrogen (secondary N) is 1. The minimum atomic E-state index is 0.219. The Kier molecular flexibility index (Phi) is 4.88. The lowest BCUT2D eigenvalue weighted by Gasteiger charge is -2.18. The zero-order chi connectivity index (χ0) is 13.0. The van der Waals surface area contributed by atoms with Crippen LogP contribution in [-0.4, -0.2) is 22.7 Å². The van der Waals surface area contributed by atoms with Gasteiger partial charge in [-0.25, -0.2) is 4.98 Å². The summed E-state index contributed by atoms with van der Waals surface area (Å²) < 4.78 is 0. The summed E-state index contributed by atoms with van der Waals surface area (Å²) in [6, 6.07) is 2.40. The second kappa shape index (κ2) is 6.43. The van der Waals surface area contributed by atoms with E-state index in [9.17, 15) is 0 Å². The highest BCUT2D eigenvalue weighted by molar-refractivity contribution is 7.15. The summed E-state index contributed by atoms with van der Waals surface area (Å²) in [5, 5.41) is 17.8. The Labute approximate surface area is 116 Å². The Balaban J connectivity index is 1.91. The highest BCUT2D eigenvalue weighted by Gasteiger charge is 2.11. The van der Waals surface area contributed by atoms with Crippen molar-refractivity contribution < 1.29 is 5.11 Å². The molecule has 2 unspecified atom stereocenters. The van der Waals surface area contributed by atoms with Gasteiger partial charge in [0.25, 0.3) is 0 Å². The molecule has 18 heavy (non-hydrogen) atoms. The first kappa shape index (κ1) is 13.7. The number of hydrogen-bond donors (Lipinski definition) is 2. The summed E-state index contributed by atoms with van der Waals surface area (Å²) in [5.41, 5.74) is 1.20. The van der Waals surface area contributed by atoms with Gasteiger partial charge in [0.15, 0.2) is 0 Å². The second-order valence-electron chi connectivity index (χ2n) is 4.47. The number of rotatable bonds is 6. The van der Waals surface area contributed by atoms with E-state index in [2.05, 4.69) is 34.1 Å². The van der Waals surface area contributed by atoms with Gasteiger partial charge in [-0.2, -0.15) is 11.3 Å². The van der Waals surface area contributed by atoms with E-state index in [-0.39, 0.29) is 12.5 Å². The first-order valence-electron chi connectivity index (χ1n) is 6.02. The molecule has 2 heterocycles. The molecule has 0 aliphatic carbocycles. The standard InChI is InChI=1S/C13H18N2OS2/c1-9(7-16)10(2)14-5-12-6-15-13(18-12)11-3-4-17-8-11/h3-4,6,8-10,14,16H,5,7H2,1-2H3. The molecule has 0 fully saturated rings. The van der Waals surface area contributed by atoms with Crippen LogP contribution in [0.15, 0.2) is 23.0 Å². The fraction of sp³-hybridized carbons (Fsp3) is 0.462. The van der Waals surface area contributed by atoms with Gasteiger partial charge in [0.05, 0.1) is 0 Å². The maximum atomic E-state index is 9.08. The number of nitrogens with zero attached hydrogens (tertiary/aromatic N) is 1. The van der Waals surface area contributed by atoms with Crippen molar-refractivity contribution in [3.63, 3.8) is 0 Å². The van der Waals surface area contributed by atoms with Gasteiger partial charge in [-0.1, -0.05) is 6.92 Å². The fourth-order valence-corrected chi connectivity index (χ4v) is 3.10. The minimum Gasteiger partial charge on any atom is -0.396 e. The van der Waals surface area contributed by atoms with E-state index in [0.717, 1.165) is 11.6 Å². The molecule has 2 rings (SSSR count). The topological polar surface area (TPSA) is 45.1 Å². The van der Waals surface area contributed by atoms with Gasteiger partial charge in [-0.15, -0.1) is 11.3 Å². The predicted molar refractivity (Wildman–Crippen MR) is 78.0 cm³/mol. The lowest BCUT2D eigenvalue weighted by atomic mass is 10.1. The number of hydrogen-bond acceptors (Lipinski definition) is 5. The molecule has 0 saturated carbocycles. The molecule has 0 aliphatic heterocycles. The molecular weight excluding hydrogens is 264 g/mol. The van der Waals surface area contributed by atoms with Gasteiger partial charge in [-0.3, -0.25) is 0 Å². The average Bonchev–Trinajstić information content (AvgIpc) is 3.04. The van der Waals surface area contributed by atoms with Crippen molar-refractivity contribution in [3.05, 3.63) is 27.9 Å². The van der Waals surface area contributed by atoms with E-state index >= 15 is 0 Å². The molecule has 0 spiro atoms. The lowest BCUT2D eigenvalue weighted by Crippen LogP contribution is -2.33. The monoisotopic (exact) mass is 282 g/mol. The van der Waals surface area contributed by atoms with Crippen molar-refractivity contribution in [2.45, 2.75) is 26.4 Å². The summed E-state index contributed by atoms with van der Waals surface area (Å²) >= 11 is 3.41. The molecule has 0 aromatic carbocycles. The number of thiazole rings is 1. The van der Waals surface area contributed by atoms with Crippen molar-refractivity contribution in [1.29, 1.82) is 0 Å². The van der Waals surface area contributed by atoms with Crippen LogP contribution in [0.25, 0.3) is 10.6 Å². The van der Waals surface area contributed by atoms with Crippen LogP contribution in [0.3, 0.4) is 0 Å². The first-order valence-corrected chi connectivity index (χ1v) is 7.78. The minimum absolute atomic E-state index is 0.219. The van der Waals surface area contributed by atoms with Gasteiger partial charge < -0.3 is 10.4 Å². The van der Waals surface area contributed by atoms with Gasteiger partial charge in [0, 0.05) is 41.2 Å². The molecule has 2 aromatic heterocycles. The zero-order valence-electron chi connectivity index (χ0n) is 10.6. The third-order valence-corrected chi connectivity index (χ3v) is 4.79. The molecule has 3 nitrogen and oxygen atoms in total. The maximum Gasteiger partial charge on any atom is 0.124 e. The number of aromatic nitrogens is 1. The Bertz CT molecular complexity index is 467. The zero-order valence-corrected chi connectivity index (χ0v) is 12.2. The van der Waals surface area contributed by atoms with Crippen molar-refractivity contribution in [1.82, 2.24) is 10.3 Å². The molecule has 0 bridgehead atoms. The van der Waals surface area contributed by atoms with E-state index in [4.69, 9.17) is 5.11 Å². The highest BCUT2D eigenvalue weighted by atomic mass is 32.1. The number of thiophene rings is 1. The first-order chi connectivity index (χ1) is 8.70. The van der Waals surface area contributed by atoms with Gasteiger partial charge in [-0.05, 0) is 24.3 Å². The molecule has 2 atom stereocenters. The van der Waals surface area contributed by atoms with Gasteiger partial charge in [0.1, 0.15) is 5.01 Å². The molecule has 2 aromatic rings. The molecule has 5 heteroatoms. The van der Waals surface area contributed by atoms with E-state index in [1.54, 1.807) is 22.7 Å². The normalized spacial score (nSPS) is 14.6. The SMILES string of the molecule is CC(CO)C(C)NCc1cnc(-c2ccsc2)s1. The lowest BCUT2D eigenvalue weighted by molar-refractivity contribution is 0.207. The summed E-state index contributed by atoms with van der Waals surface area (Å²) in [6.07, 6.45) is 1.93. The van der Waals surface area contributed by atoms with Crippen LogP contribution in [0.5, 0.6) is 0 Å². The van der Waals surface area contributed by atoms with Gasteiger partial charge >= 0.3 is 0 Å². The van der Waals surface area contributed by atoms with Crippen molar-refractivity contribution in [2.24, 2.45) is 5.92 Å². The second-order valence-corrected chi connectivity index (χ2v) is 6.37. The summed E-state index contributed by atoms with van der Waals surface area (Å²) in [7, 11) is 0. The van der Waals surface area contributed by atoms with Crippen LogP contribution >= 0.6 is 22.7 Å². The van der Waals surface area contributed by atoms with Crippen LogP contribution in [-0.2, 0) is 6.54 Å². The van der Waals surface area contributed by atoms with Crippen molar-refractivity contribution in [2.75, 3.05) is 6.61 Å². The number of aliphatic hydroxyl groups excluding tert-OH is 1. The summed E-state index contributed by atoms with van der Waals surface area (Å²) in [5.74, 6) is 0.272. The Morgan fingerprint density at radius 2 is 2.28 bits per heavy atom. The van der Waals surface area contributed by atoms with E-state index in [1.807, 2.05) is 13.1 Å². The molecule has 2 N–H and O–H groups in total. The quantitative estimate of drug-likeness (QED) is 0.856. The van der Waals surface area contributed by atoms with E-state index in [1.165, 1.54) is 10.4 Å². The van der Waals surface area contributed by atoms with Crippen molar-refractivity contribution in [3.8, 4) is 10.6 Å². The Morgan fingerprint density at radius 3 is 2.94 bits per heavy atom. The Morgan fingerprint density at radius 1 is 1.44 bits per heavy atom. The number of aliphatic hydroxyl groups is 1. The molecule has 0 saturated heterocycles. The van der Waals surface area contributed by atoms with Crippen LogP contribution in [0.2, 0.25) is 0 Å². The van der Waals surface area contributed by atoms with Crippen LogP contribution < -0.4 is 5.32 Å². The maximum absolute atomic E-state index is 9.08. The fourth-order valence-electron chi connectivity index (χ4n) is 1.53. The van der Waals surface area contributed by atoms with Crippen LogP contribution in [0.1, 0.15) is 18.7 Å². The largest absolute Gasteiger partial charge is 0.396 e. The molecule has 0 aliphatic rings. The molecule has 0 radical (unpaired) electrons.